The Balaban J connectivity index is 1.58. The molecule has 1 aliphatic rings. The summed E-state index contributed by atoms with van der Waals surface area (Å²) in [6, 6.07) is 3.67. The van der Waals surface area contributed by atoms with Gasteiger partial charge in [-0.2, -0.15) is 0 Å². The summed E-state index contributed by atoms with van der Waals surface area (Å²) in [5, 5.41) is 2.87. The molecule has 3 N–H and O–H groups in total. The van der Waals surface area contributed by atoms with Crippen LogP contribution in [0.2, 0.25) is 0 Å². The number of nitrogens with zero attached hydrogens (tertiary/aromatic N) is 1. The van der Waals surface area contributed by atoms with E-state index in [0.717, 1.165) is 44.7 Å². The Kier molecular flexibility index (Phi) is 6.72. The van der Waals surface area contributed by atoms with Crippen molar-refractivity contribution in [1.29, 1.82) is 0 Å². The van der Waals surface area contributed by atoms with Gasteiger partial charge in [0.2, 0.25) is 5.91 Å². The minimum absolute atomic E-state index is 0.0360. The van der Waals surface area contributed by atoms with E-state index in [1.807, 2.05) is 12.1 Å². The lowest BCUT2D eigenvalue weighted by Crippen LogP contribution is -2.43. The zero-order chi connectivity index (χ0) is 14.9. The van der Waals surface area contributed by atoms with Crippen LogP contribution < -0.4 is 11.1 Å². The first-order chi connectivity index (χ1) is 10.3. The average molecular weight is 295 g/mol. The van der Waals surface area contributed by atoms with E-state index in [1.165, 1.54) is 0 Å². The molecule has 2 heterocycles. The predicted molar refractivity (Wildman–Crippen MR) is 79.6 cm³/mol. The molecule has 0 unspecified atom stereocenters. The van der Waals surface area contributed by atoms with Crippen LogP contribution in [0.5, 0.6) is 0 Å². The highest BCUT2D eigenvalue weighted by atomic mass is 16.5. The first kappa shape index (κ1) is 16.0. The van der Waals surface area contributed by atoms with Crippen molar-refractivity contribution >= 4 is 5.91 Å². The summed E-state index contributed by atoms with van der Waals surface area (Å²) in [6.07, 6.45) is 4.80. The number of ether oxygens (including phenoxy) is 1. The number of carbonyl (C=O) groups excluding carboxylic acids is 1. The van der Waals surface area contributed by atoms with Crippen LogP contribution in [0.4, 0.5) is 0 Å². The predicted octanol–water partition coefficient (Wildman–Crippen LogP) is 0.726. The van der Waals surface area contributed by atoms with Gasteiger partial charge in [-0.15, -0.1) is 0 Å². The number of nitrogens with two attached hydrogens (primary N) is 1. The normalized spacial score (nSPS) is 17.0. The van der Waals surface area contributed by atoms with Gasteiger partial charge in [0.15, 0.2) is 0 Å². The molecule has 0 aromatic carbocycles. The highest BCUT2D eigenvalue weighted by molar-refractivity contribution is 5.77. The minimum Gasteiger partial charge on any atom is -0.467 e. The lowest BCUT2D eigenvalue weighted by atomic mass is 10.1. The number of furan rings is 1. The SMILES string of the molecule is NCCCOC1CCN(CC(=O)NCc2ccco2)CC1. The molecule has 6 heteroatoms. The zero-order valence-corrected chi connectivity index (χ0v) is 12.4. The molecule has 0 saturated carbocycles. The molecule has 1 aliphatic heterocycles. The lowest BCUT2D eigenvalue weighted by Gasteiger charge is -2.31. The molecule has 6 nitrogen and oxygen atoms in total. The fourth-order valence-corrected chi connectivity index (χ4v) is 2.43. The van der Waals surface area contributed by atoms with E-state index in [2.05, 4.69) is 10.2 Å². The Morgan fingerprint density at radius 3 is 2.95 bits per heavy atom. The van der Waals surface area contributed by atoms with Crippen LogP contribution in [0.3, 0.4) is 0 Å². The molecule has 118 valence electrons. The zero-order valence-electron chi connectivity index (χ0n) is 12.4. The molecule has 0 spiro atoms. The molecule has 1 aromatic rings. The van der Waals surface area contributed by atoms with Crippen molar-refractivity contribution < 1.29 is 13.9 Å². The van der Waals surface area contributed by atoms with Crippen molar-refractivity contribution in [2.24, 2.45) is 5.73 Å². The van der Waals surface area contributed by atoms with Crippen LogP contribution in [0.1, 0.15) is 25.0 Å². The second-order valence-corrected chi connectivity index (χ2v) is 5.34. The number of carbonyl (C=O) groups is 1. The summed E-state index contributed by atoms with van der Waals surface area (Å²) in [4.78, 5) is 14.0. The summed E-state index contributed by atoms with van der Waals surface area (Å²) in [6.45, 7) is 4.11. The van der Waals surface area contributed by atoms with Gasteiger partial charge >= 0.3 is 0 Å². The van der Waals surface area contributed by atoms with Gasteiger partial charge < -0.3 is 20.2 Å². The van der Waals surface area contributed by atoms with E-state index in [1.54, 1.807) is 6.26 Å². The molecular weight excluding hydrogens is 270 g/mol. The number of nitrogens with one attached hydrogen (secondary N) is 1. The third kappa shape index (κ3) is 5.87. The number of hydrogen-bond acceptors (Lipinski definition) is 5. The molecule has 1 fully saturated rings. The average Bonchev–Trinajstić information content (AvgIpc) is 3.01. The van der Waals surface area contributed by atoms with Crippen LogP contribution in [-0.4, -0.2) is 49.7 Å². The van der Waals surface area contributed by atoms with Crippen LogP contribution in [-0.2, 0) is 16.1 Å². The lowest BCUT2D eigenvalue weighted by molar-refractivity contribution is -0.123. The van der Waals surface area contributed by atoms with Crippen molar-refractivity contribution in [2.75, 3.05) is 32.8 Å². The monoisotopic (exact) mass is 295 g/mol. The minimum atomic E-state index is 0.0360. The van der Waals surface area contributed by atoms with Crippen molar-refractivity contribution in [2.45, 2.75) is 31.9 Å². The van der Waals surface area contributed by atoms with E-state index >= 15 is 0 Å². The van der Waals surface area contributed by atoms with Gasteiger partial charge in [-0.25, -0.2) is 0 Å². The van der Waals surface area contributed by atoms with Crippen LogP contribution in [0, 0.1) is 0 Å². The maximum absolute atomic E-state index is 11.9. The maximum Gasteiger partial charge on any atom is 0.234 e. The van der Waals surface area contributed by atoms with Gasteiger partial charge in [0.05, 0.1) is 25.5 Å². The Labute approximate surface area is 125 Å². The van der Waals surface area contributed by atoms with Crippen molar-refractivity contribution in [3.05, 3.63) is 24.2 Å². The van der Waals surface area contributed by atoms with Gasteiger partial charge in [0, 0.05) is 19.7 Å². The highest BCUT2D eigenvalue weighted by Crippen LogP contribution is 2.13. The molecular formula is C15H25N3O3. The van der Waals surface area contributed by atoms with Gasteiger partial charge in [0.1, 0.15) is 5.76 Å². The van der Waals surface area contributed by atoms with Gasteiger partial charge in [-0.1, -0.05) is 0 Å². The van der Waals surface area contributed by atoms with E-state index < -0.39 is 0 Å². The van der Waals surface area contributed by atoms with Crippen LogP contribution in [0.25, 0.3) is 0 Å². The Hall–Kier alpha value is -1.37. The number of rotatable bonds is 8. The van der Waals surface area contributed by atoms with Crippen molar-refractivity contribution in [1.82, 2.24) is 10.2 Å². The van der Waals surface area contributed by atoms with Gasteiger partial charge in [-0.05, 0) is 37.9 Å². The van der Waals surface area contributed by atoms with E-state index in [0.29, 0.717) is 25.7 Å². The summed E-state index contributed by atoms with van der Waals surface area (Å²) >= 11 is 0. The number of amides is 1. The van der Waals surface area contributed by atoms with Gasteiger partial charge in [0.25, 0.3) is 0 Å². The Morgan fingerprint density at radius 2 is 2.29 bits per heavy atom. The molecule has 0 aliphatic carbocycles. The molecule has 1 saturated heterocycles. The van der Waals surface area contributed by atoms with Crippen LogP contribution >= 0.6 is 0 Å². The van der Waals surface area contributed by atoms with Gasteiger partial charge in [-0.3, -0.25) is 9.69 Å². The Morgan fingerprint density at radius 1 is 1.48 bits per heavy atom. The molecule has 0 bridgehead atoms. The second kappa shape index (κ2) is 8.81. The second-order valence-electron chi connectivity index (χ2n) is 5.34. The maximum atomic E-state index is 11.9. The molecule has 1 aromatic heterocycles. The topological polar surface area (TPSA) is 80.7 Å². The van der Waals surface area contributed by atoms with E-state index in [-0.39, 0.29) is 5.91 Å². The van der Waals surface area contributed by atoms with E-state index in [4.69, 9.17) is 14.9 Å². The van der Waals surface area contributed by atoms with Crippen LogP contribution in [0.15, 0.2) is 22.8 Å². The largest absolute Gasteiger partial charge is 0.467 e. The third-order valence-corrected chi connectivity index (χ3v) is 3.64. The highest BCUT2D eigenvalue weighted by Gasteiger charge is 2.21. The summed E-state index contributed by atoms with van der Waals surface area (Å²) < 4.78 is 10.9. The molecule has 2 rings (SSSR count). The fourth-order valence-electron chi connectivity index (χ4n) is 2.43. The summed E-state index contributed by atoms with van der Waals surface area (Å²) in [7, 11) is 0. The van der Waals surface area contributed by atoms with E-state index in [9.17, 15) is 4.79 Å². The molecule has 1 amide bonds. The molecule has 21 heavy (non-hydrogen) atoms. The molecule has 0 atom stereocenters. The quantitative estimate of drug-likeness (QED) is 0.691. The summed E-state index contributed by atoms with van der Waals surface area (Å²) in [5.74, 6) is 0.810. The number of likely N-dealkylation sites (tertiary alicyclic amines) is 1. The summed E-state index contributed by atoms with van der Waals surface area (Å²) in [5.41, 5.74) is 5.45. The smallest absolute Gasteiger partial charge is 0.234 e. The number of hydrogen-bond donors (Lipinski definition) is 2. The number of piperidine rings is 1. The van der Waals surface area contributed by atoms with Crippen molar-refractivity contribution in [3.8, 4) is 0 Å². The molecule has 0 radical (unpaired) electrons. The fraction of sp³-hybridized carbons (Fsp3) is 0.667. The first-order valence-corrected chi connectivity index (χ1v) is 7.61. The third-order valence-electron chi connectivity index (χ3n) is 3.64. The standard InChI is InChI=1S/C15H25N3O3/c16-6-2-10-20-13-4-7-18(8-5-13)12-15(19)17-11-14-3-1-9-21-14/h1,3,9,13H,2,4-8,10-12,16H2,(H,17,19). The first-order valence-electron chi connectivity index (χ1n) is 7.61. The van der Waals surface area contributed by atoms with Crippen molar-refractivity contribution in [3.63, 3.8) is 0 Å². The Bertz CT molecular complexity index is 400.